The molecule has 0 bridgehead atoms. The number of carbonyl (C=O) groups is 1. The van der Waals surface area contributed by atoms with Crippen LogP contribution in [0.25, 0.3) is 10.2 Å². The topological polar surface area (TPSA) is 77.5 Å². The van der Waals surface area contributed by atoms with Crippen LogP contribution in [0.2, 0.25) is 10.0 Å². The molecule has 2 heterocycles. The van der Waals surface area contributed by atoms with Crippen molar-refractivity contribution in [3.8, 4) is 0 Å². The number of halogens is 2. The number of hydrogen-bond acceptors (Lipinski definition) is 5. The number of thiophene rings is 1. The van der Waals surface area contributed by atoms with Crippen molar-refractivity contribution in [3.63, 3.8) is 0 Å². The molecule has 118 valence electrons. The van der Waals surface area contributed by atoms with Crippen LogP contribution in [0.15, 0.2) is 29.3 Å². The molecule has 1 aromatic carbocycles. The Bertz CT molecular complexity index is 1020. The highest BCUT2D eigenvalue weighted by molar-refractivity contribution is 7.17. The third kappa shape index (κ3) is 3.02. The summed E-state index contributed by atoms with van der Waals surface area (Å²) in [5.74, 6) is -0.535. The van der Waals surface area contributed by atoms with E-state index in [4.69, 9.17) is 23.2 Å². The van der Waals surface area contributed by atoms with Crippen molar-refractivity contribution < 1.29 is 9.72 Å². The maximum Gasteiger partial charge on any atom is 0.324 e. The Morgan fingerprint density at radius 3 is 2.70 bits per heavy atom. The highest BCUT2D eigenvalue weighted by Gasteiger charge is 2.16. The van der Waals surface area contributed by atoms with E-state index in [0.29, 0.717) is 14.8 Å². The van der Waals surface area contributed by atoms with Crippen molar-refractivity contribution in [1.82, 2.24) is 4.57 Å². The van der Waals surface area contributed by atoms with Crippen molar-refractivity contribution >= 4 is 67.0 Å². The molecule has 0 saturated heterocycles. The number of aryl methyl sites for hydroxylation is 1. The van der Waals surface area contributed by atoms with Gasteiger partial charge in [0.25, 0.3) is 5.91 Å². The molecule has 0 fully saturated rings. The lowest BCUT2D eigenvalue weighted by molar-refractivity contribution is -0.380. The minimum atomic E-state index is -0.539. The number of aromatic nitrogens is 1. The molecule has 0 unspecified atom stereocenters. The lowest BCUT2D eigenvalue weighted by Gasteiger charge is -1.98. The van der Waals surface area contributed by atoms with E-state index in [-0.39, 0.29) is 9.88 Å². The number of nitro groups is 1. The fraction of sp³-hybridized carbons (Fsp3) is 0.0769. The SMILES string of the molecule is Cn1c(=NC(=O)c2ccc([N+](=O)[O-])s2)sc2cc(Cl)cc(Cl)c21. The Kier molecular flexibility index (Phi) is 4.24. The first kappa shape index (κ1) is 16.1. The zero-order valence-electron chi connectivity index (χ0n) is 11.4. The Balaban J connectivity index is 2.10. The Morgan fingerprint density at radius 2 is 2.04 bits per heavy atom. The van der Waals surface area contributed by atoms with E-state index in [2.05, 4.69) is 4.99 Å². The van der Waals surface area contributed by atoms with Crippen LogP contribution >= 0.6 is 45.9 Å². The zero-order chi connectivity index (χ0) is 16.7. The van der Waals surface area contributed by atoms with Crippen LogP contribution in [0.1, 0.15) is 9.67 Å². The van der Waals surface area contributed by atoms with Crippen molar-refractivity contribution in [3.05, 3.63) is 54.1 Å². The summed E-state index contributed by atoms with van der Waals surface area (Å²) in [6, 6.07) is 6.04. The molecule has 0 saturated carbocycles. The average Bonchev–Trinajstić information content (AvgIpc) is 3.05. The van der Waals surface area contributed by atoms with Crippen molar-refractivity contribution in [2.45, 2.75) is 0 Å². The van der Waals surface area contributed by atoms with E-state index in [1.807, 2.05) is 0 Å². The van der Waals surface area contributed by atoms with Crippen molar-refractivity contribution in [2.24, 2.45) is 12.0 Å². The number of amides is 1. The molecule has 3 aromatic rings. The van der Waals surface area contributed by atoms with Crippen LogP contribution in [0.3, 0.4) is 0 Å². The van der Waals surface area contributed by atoms with E-state index < -0.39 is 10.8 Å². The summed E-state index contributed by atoms with van der Waals surface area (Å²) in [7, 11) is 1.74. The Labute approximate surface area is 147 Å². The zero-order valence-corrected chi connectivity index (χ0v) is 14.6. The number of benzene rings is 1. The third-order valence-corrected chi connectivity index (χ3v) is 5.61. The van der Waals surface area contributed by atoms with Crippen LogP contribution in [0, 0.1) is 10.1 Å². The monoisotopic (exact) mass is 387 g/mol. The molecule has 1 amide bonds. The molecule has 3 rings (SSSR count). The van der Waals surface area contributed by atoms with Crippen molar-refractivity contribution in [2.75, 3.05) is 0 Å². The van der Waals surface area contributed by atoms with Gasteiger partial charge in [-0.15, -0.1) is 0 Å². The molecule has 0 atom stereocenters. The second-order valence-electron chi connectivity index (χ2n) is 4.49. The van der Waals surface area contributed by atoms with Crippen LogP contribution in [0.5, 0.6) is 0 Å². The van der Waals surface area contributed by atoms with Gasteiger partial charge in [-0.1, -0.05) is 45.9 Å². The summed E-state index contributed by atoms with van der Waals surface area (Å²) in [5.41, 5.74) is 0.727. The minimum absolute atomic E-state index is 0.0981. The summed E-state index contributed by atoms with van der Waals surface area (Å²) >= 11 is 14.2. The summed E-state index contributed by atoms with van der Waals surface area (Å²) in [6.45, 7) is 0. The Morgan fingerprint density at radius 1 is 1.30 bits per heavy atom. The van der Waals surface area contributed by atoms with E-state index in [1.54, 1.807) is 23.7 Å². The molecule has 6 nitrogen and oxygen atoms in total. The van der Waals surface area contributed by atoms with Gasteiger partial charge >= 0.3 is 5.00 Å². The molecule has 2 aromatic heterocycles. The minimum Gasteiger partial charge on any atom is -0.318 e. The van der Waals surface area contributed by atoms with Crippen LogP contribution < -0.4 is 4.80 Å². The van der Waals surface area contributed by atoms with Gasteiger partial charge in [0.1, 0.15) is 4.88 Å². The first-order valence-corrected chi connectivity index (χ1v) is 8.53. The predicted octanol–water partition coefficient (Wildman–Crippen LogP) is 4.26. The number of thiazole rings is 1. The van der Waals surface area contributed by atoms with Gasteiger partial charge < -0.3 is 4.57 Å². The molecule has 0 N–H and O–H groups in total. The maximum atomic E-state index is 12.2. The predicted molar refractivity (Wildman–Crippen MR) is 91.7 cm³/mol. The number of nitrogens with zero attached hydrogens (tertiary/aromatic N) is 3. The molecule has 10 heteroatoms. The third-order valence-electron chi connectivity index (χ3n) is 3.00. The van der Waals surface area contributed by atoms with Gasteiger partial charge in [0, 0.05) is 18.1 Å². The van der Waals surface area contributed by atoms with Gasteiger partial charge in [-0.2, -0.15) is 4.99 Å². The summed E-state index contributed by atoms with van der Waals surface area (Å²) in [5, 5.41) is 11.5. The molecular weight excluding hydrogens is 381 g/mol. The van der Waals surface area contributed by atoms with Gasteiger partial charge in [-0.25, -0.2) is 0 Å². The highest BCUT2D eigenvalue weighted by Crippen LogP contribution is 2.29. The molecule has 0 aliphatic carbocycles. The van der Waals surface area contributed by atoms with Gasteiger partial charge in [-0.3, -0.25) is 14.9 Å². The number of fused-ring (bicyclic) bond motifs is 1. The van der Waals surface area contributed by atoms with Gasteiger partial charge in [0.05, 0.1) is 20.2 Å². The fourth-order valence-corrected chi connectivity index (χ4v) is 4.52. The van der Waals surface area contributed by atoms with E-state index >= 15 is 0 Å². The van der Waals surface area contributed by atoms with Gasteiger partial charge in [0.15, 0.2) is 4.80 Å². The van der Waals surface area contributed by atoms with E-state index in [1.165, 1.54) is 23.5 Å². The molecule has 0 spiro atoms. The quantitative estimate of drug-likeness (QED) is 0.486. The van der Waals surface area contributed by atoms with Crippen LogP contribution in [0.4, 0.5) is 5.00 Å². The lowest BCUT2D eigenvalue weighted by Crippen LogP contribution is -2.12. The van der Waals surface area contributed by atoms with Crippen LogP contribution in [-0.4, -0.2) is 15.4 Å². The highest BCUT2D eigenvalue weighted by atomic mass is 35.5. The normalized spacial score (nSPS) is 12.0. The smallest absolute Gasteiger partial charge is 0.318 e. The summed E-state index contributed by atoms with van der Waals surface area (Å²) < 4.78 is 2.49. The lowest BCUT2D eigenvalue weighted by atomic mass is 10.3. The maximum absolute atomic E-state index is 12.2. The van der Waals surface area contributed by atoms with E-state index in [9.17, 15) is 14.9 Å². The second kappa shape index (κ2) is 6.04. The molecule has 0 aliphatic rings. The first-order chi connectivity index (χ1) is 10.9. The van der Waals surface area contributed by atoms with Gasteiger partial charge in [0.2, 0.25) is 0 Å². The molecule has 0 aliphatic heterocycles. The second-order valence-corrected chi connectivity index (χ2v) is 7.40. The summed E-state index contributed by atoms with van der Waals surface area (Å²) in [6.07, 6.45) is 0. The molecular formula is C13H7Cl2N3O3S2. The number of hydrogen-bond donors (Lipinski definition) is 0. The van der Waals surface area contributed by atoms with Crippen molar-refractivity contribution in [1.29, 1.82) is 0 Å². The standard InChI is InChI=1S/C13H7Cl2N3O3S2/c1-17-11-7(15)4-6(14)5-9(11)23-13(17)16-12(19)8-2-3-10(22-8)18(20)21/h2-5H,1H3. The Hall–Kier alpha value is -1.74. The van der Waals surface area contributed by atoms with Crippen LogP contribution in [-0.2, 0) is 7.05 Å². The molecule has 0 radical (unpaired) electrons. The van der Waals surface area contributed by atoms with Gasteiger partial charge in [-0.05, 0) is 18.2 Å². The number of rotatable bonds is 2. The van der Waals surface area contributed by atoms with E-state index in [0.717, 1.165) is 21.6 Å². The number of carbonyl (C=O) groups excluding carboxylic acids is 1. The molecule has 23 heavy (non-hydrogen) atoms. The fourth-order valence-electron chi connectivity index (χ4n) is 1.99. The summed E-state index contributed by atoms with van der Waals surface area (Å²) in [4.78, 5) is 27.0. The average molecular weight is 388 g/mol. The largest absolute Gasteiger partial charge is 0.324 e. The first-order valence-electron chi connectivity index (χ1n) is 6.14.